The summed E-state index contributed by atoms with van der Waals surface area (Å²) in [5.41, 5.74) is 0. The third-order valence-corrected chi connectivity index (χ3v) is 1.54. The van der Waals surface area contributed by atoms with Gasteiger partial charge in [0.2, 0.25) is 0 Å². The second-order valence-corrected chi connectivity index (χ2v) is 3.04. The van der Waals surface area contributed by atoms with Crippen LogP contribution in [0.5, 0.6) is 0 Å². The number of aliphatic hydroxyl groups is 1. The molecule has 0 spiro atoms. The second-order valence-electron chi connectivity index (χ2n) is 0.802. The largest absolute Gasteiger partial charge is 0.389 e. The topological polar surface area (TPSA) is 20.2 Å². The van der Waals surface area contributed by atoms with Gasteiger partial charge in [-0.3, -0.25) is 0 Å². The zero-order valence-electron chi connectivity index (χ0n) is 3.46. The van der Waals surface area contributed by atoms with Gasteiger partial charge in [-0.2, -0.15) is 0 Å². The van der Waals surface area contributed by atoms with Crippen LogP contribution in [0.25, 0.3) is 0 Å². The predicted molar refractivity (Wildman–Crippen MR) is 31.6 cm³/mol. The van der Waals surface area contributed by atoms with Crippen LogP contribution >= 0.6 is 46.4 Å². The van der Waals surface area contributed by atoms with Crippen molar-refractivity contribution in [1.82, 2.24) is 0 Å². The molecule has 0 fully saturated rings. The number of hydrogen-bond acceptors (Lipinski definition) is 1. The van der Waals surface area contributed by atoms with E-state index in [0.717, 1.165) is 0 Å². The molecule has 0 aliphatic rings. The van der Waals surface area contributed by atoms with Gasteiger partial charge in [0.1, 0.15) is 4.52 Å². The van der Waals surface area contributed by atoms with E-state index in [0.29, 0.717) is 0 Å². The van der Waals surface area contributed by atoms with Crippen molar-refractivity contribution in [2.75, 3.05) is 0 Å². The molecule has 0 unspecified atom stereocenters. The van der Waals surface area contributed by atoms with E-state index >= 15 is 0 Å². The third kappa shape index (κ3) is 5.96. The Morgan fingerprint density at radius 1 is 1.25 bits per heavy atom. The van der Waals surface area contributed by atoms with Gasteiger partial charge in [-0.25, -0.2) is 0 Å². The summed E-state index contributed by atoms with van der Waals surface area (Å²) in [6, 6.07) is 0. The van der Waals surface area contributed by atoms with Gasteiger partial charge in [-0.05, 0) is 0 Å². The third-order valence-electron chi connectivity index (χ3n) is 0.227. The SMILES string of the molecule is OC(Cl)(Cl)[C-](Cl)Cl.[Ti]. The molecule has 8 heavy (non-hydrogen) atoms. The minimum absolute atomic E-state index is 0. The Hall–Kier alpha value is 1.83. The van der Waals surface area contributed by atoms with E-state index in [-0.39, 0.29) is 21.7 Å². The second kappa shape index (κ2) is 4.62. The van der Waals surface area contributed by atoms with Gasteiger partial charge in [0.05, 0.1) is 0 Å². The fourth-order valence-corrected chi connectivity index (χ4v) is 0. The molecule has 0 aliphatic carbocycles. The Labute approximate surface area is 82.1 Å². The van der Waals surface area contributed by atoms with Gasteiger partial charge in [0, 0.05) is 21.7 Å². The van der Waals surface area contributed by atoms with Crippen molar-refractivity contribution in [2.24, 2.45) is 0 Å². The van der Waals surface area contributed by atoms with Gasteiger partial charge in [-0.15, -0.1) is 23.2 Å². The molecule has 0 bridgehead atoms. The Bertz CT molecular complexity index is 59.5. The molecular formula is C2HCl4OTi-. The molecule has 0 aromatic carbocycles. The Morgan fingerprint density at radius 3 is 1.38 bits per heavy atom. The summed E-state index contributed by atoms with van der Waals surface area (Å²) in [6.45, 7) is 0. The van der Waals surface area contributed by atoms with E-state index in [1.54, 1.807) is 0 Å². The van der Waals surface area contributed by atoms with Crippen LogP contribution in [0.4, 0.5) is 0 Å². The van der Waals surface area contributed by atoms with Crippen molar-refractivity contribution in [2.45, 2.75) is 4.52 Å². The van der Waals surface area contributed by atoms with Gasteiger partial charge >= 0.3 is 0 Å². The summed E-state index contributed by atoms with van der Waals surface area (Å²) in [5, 5.41) is 8.32. The van der Waals surface area contributed by atoms with E-state index in [4.69, 9.17) is 51.5 Å². The summed E-state index contributed by atoms with van der Waals surface area (Å²) >= 11 is 19.6. The quantitative estimate of drug-likeness (QED) is 0.416. The minimum atomic E-state index is -2.11. The van der Waals surface area contributed by atoms with Crippen LogP contribution in [-0.2, 0) is 21.7 Å². The molecule has 0 rings (SSSR count). The molecule has 1 N–H and O–H groups in total. The van der Waals surface area contributed by atoms with Crippen LogP contribution in [-0.4, -0.2) is 9.63 Å². The monoisotopic (exact) mass is 229 g/mol. The molecule has 1 nitrogen and oxygen atoms in total. The molecule has 0 aromatic heterocycles. The van der Waals surface area contributed by atoms with Crippen LogP contribution in [0.1, 0.15) is 0 Å². The molecule has 0 heterocycles. The first kappa shape index (κ1) is 12.5. The zero-order chi connectivity index (χ0) is 6.08. The van der Waals surface area contributed by atoms with Gasteiger partial charge in [0.25, 0.3) is 0 Å². The number of halogens is 4. The van der Waals surface area contributed by atoms with E-state index in [1.807, 2.05) is 0 Å². The van der Waals surface area contributed by atoms with Crippen molar-refractivity contribution in [3.63, 3.8) is 0 Å². The van der Waals surface area contributed by atoms with Crippen molar-refractivity contribution in [3.8, 4) is 0 Å². The molecule has 0 aliphatic heterocycles. The average Bonchev–Trinajstić information content (AvgIpc) is 1.31. The van der Waals surface area contributed by atoms with Crippen LogP contribution in [0.2, 0.25) is 0 Å². The van der Waals surface area contributed by atoms with E-state index < -0.39 is 9.36 Å². The average molecular weight is 231 g/mol. The van der Waals surface area contributed by atoms with Crippen molar-refractivity contribution < 1.29 is 26.8 Å². The first-order valence-electron chi connectivity index (χ1n) is 1.23. The number of hydrogen-bond donors (Lipinski definition) is 1. The molecule has 0 saturated heterocycles. The molecule has 0 radical (unpaired) electrons. The molecule has 0 saturated carbocycles. The number of alkyl halides is 2. The zero-order valence-corrected chi connectivity index (χ0v) is 8.04. The van der Waals surface area contributed by atoms with E-state index in [2.05, 4.69) is 0 Å². The summed E-state index contributed by atoms with van der Waals surface area (Å²) in [5.74, 6) is 0. The molecule has 0 amide bonds. The molecule has 48 valence electrons. The van der Waals surface area contributed by atoms with Crippen molar-refractivity contribution >= 4 is 46.4 Å². The van der Waals surface area contributed by atoms with Crippen LogP contribution in [0, 0.1) is 4.84 Å². The maximum atomic E-state index is 8.32. The van der Waals surface area contributed by atoms with Gasteiger partial charge in [-0.1, -0.05) is 4.84 Å². The summed E-state index contributed by atoms with van der Waals surface area (Å²) in [4.78, 5) is -0.476. The van der Waals surface area contributed by atoms with Gasteiger partial charge < -0.3 is 28.3 Å². The standard InChI is InChI=1S/C2HCl4O.Ti/c3-1(4)2(5,6)7;/h7H;/q-1;. The fourth-order valence-electron chi connectivity index (χ4n) is 0. The maximum absolute atomic E-state index is 8.32. The summed E-state index contributed by atoms with van der Waals surface area (Å²) in [7, 11) is 0. The number of rotatable bonds is 1. The normalized spacial score (nSPS) is 11.2. The Morgan fingerprint density at radius 2 is 1.38 bits per heavy atom. The summed E-state index contributed by atoms with van der Waals surface area (Å²) < 4.78 is -2.11. The minimum Gasteiger partial charge on any atom is -0.389 e. The van der Waals surface area contributed by atoms with Crippen LogP contribution in [0.15, 0.2) is 0 Å². The predicted octanol–water partition coefficient (Wildman–Crippen LogP) is 2.07. The van der Waals surface area contributed by atoms with Crippen molar-refractivity contribution in [1.29, 1.82) is 0 Å². The van der Waals surface area contributed by atoms with E-state index in [9.17, 15) is 0 Å². The van der Waals surface area contributed by atoms with Crippen LogP contribution in [0.3, 0.4) is 0 Å². The molecule has 0 aromatic rings. The first-order chi connectivity index (χ1) is 2.94. The van der Waals surface area contributed by atoms with Crippen molar-refractivity contribution in [3.05, 3.63) is 4.84 Å². The smallest absolute Gasteiger partial charge is 0.121 e. The van der Waals surface area contributed by atoms with E-state index in [1.165, 1.54) is 0 Å². The van der Waals surface area contributed by atoms with Gasteiger partial charge in [0.15, 0.2) is 0 Å². The molecule has 0 atom stereocenters. The molecule has 6 heteroatoms. The molecular weight excluding hydrogens is 230 g/mol. The first-order valence-corrected chi connectivity index (χ1v) is 2.74. The summed E-state index contributed by atoms with van der Waals surface area (Å²) in [6.07, 6.45) is 0. The Balaban J connectivity index is 0. The van der Waals surface area contributed by atoms with Crippen LogP contribution < -0.4 is 0 Å². The maximum Gasteiger partial charge on any atom is 0.121 e. The Kier molecular flexibility index (Phi) is 7.22. The fraction of sp³-hybridized carbons (Fsp3) is 0.500.